The Morgan fingerprint density at radius 2 is 2.14 bits per heavy atom. The molecule has 0 saturated heterocycles. The molecule has 5 nitrogen and oxygen atoms in total. The number of rotatable bonds is 5. The molecule has 0 radical (unpaired) electrons. The number of hydrogen-bond donors (Lipinski definition) is 1. The molecule has 0 atom stereocenters. The standard InChI is InChI=1S/C13H12ClNO4S2/c1-9-3-2-4-11(13(9)14)21(17,18)15-12(16)7-19-10-5-6-20-8-10/h2-6,8H,7H2,1H3,(H,15,16). The van der Waals surface area contributed by atoms with Gasteiger partial charge in [0, 0.05) is 5.38 Å². The van der Waals surface area contributed by atoms with Crippen molar-refractivity contribution in [2.24, 2.45) is 0 Å². The van der Waals surface area contributed by atoms with Crippen LogP contribution in [-0.2, 0) is 14.8 Å². The van der Waals surface area contributed by atoms with Crippen molar-refractivity contribution in [3.63, 3.8) is 0 Å². The van der Waals surface area contributed by atoms with Crippen LogP contribution in [-0.4, -0.2) is 20.9 Å². The molecule has 0 unspecified atom stereocenters. The van der Waals surface area contributed by atoms with Crippen molar-refractivity contribution in [1.82, 2.24) is 4.72 Å². The van der Waals surface area contributed by atoms with Crippen molar-refractivity contribution in [2.45, 2.75) is 11.8 Å². The first-order valence-electron chi connectivity index (χ1n) is 5.86. The van der Waals surface area contributed by atoms with Gasteiger partial charge in [-0.15, -0.1) is 11.3 Å². The van der Waals surface area contributed by atoms with Crippen LogP contribution in [0, 0.1) is 6.92 Å². The second-order valence-corrected chi connectivity index (χ2v) is 6.97. The first kappa shape index (κ1) is 15.8. The van der Waals surface area contributed by atoms with Gasteiger partial charge in [0.2, 0.25) is 0 Å². The average molecular weight is 346 g/mol. The van der Waals surface area contributed by atoms with Gasteiger partial charge < -0.3 is 4.74 Å². The van der Waals surface area contributed by atoms with E-state index in [9.17, 15) is 13.2 Å². The minimum atomic E-state index is -4.01. The van der Waals surface area contributed by atoms with Crippen molar-refractivity contribution in [3.8, 4) is 5.75 Å². The molecule has 1 amide bonds. The summed E-state index contributed by atoms with van der Waals surface area (Å²) in [6, 6.07) is 6.26. The molecule has 0 aliphatic rings. The SMILES string of the molecule is Cc1cccc(S(=O)(=O)NC(=O)COc2ccsc2)c1Cl. The summed E-state index contributed by atoms with van der Waals surface area (Å²) < 4.78 is 31.3. The summed E-state index contributed by atoms with van der Waals surface area (Å²) in [5, 5.41) is 3.59. The number of carbonyl (C=O) groups excluding carboxylic acids is 1. The summed E-state index contributed by atoms with van der Waals surface area (Å²) in [6.07, 6.45) is 0. The van der Waals surface area contributed by atoms with Crippen LogP contribution < -0.4 is 9.46 Å². The van der Waals surface area contributed by atoms with Gasteiger partial charge >= 0.3 is 0 Å². The zero-order valence-corrected chi connectivity index (χ0v) is 13.4. The number of hydrogen-bond acceptors (Lipinski definition) is 5. The van der Waals surface area contributed by atoms with E-state index in [-0.39, 0.29) is 16.5 Å². The fourth-order valence-corrected chi connectivity index (χ4v) is 3.67. The molecule has 21 heavy (non-hydrogen) atoms. The summed E-state index contributed by atoms with van der Waals surface area (Å²) in [5.74, 6) is -0.250. The number of benzene rings is 1. The third-order valence-corrected chi connectivity index (χ3v) is 5.25. The predicted octanol–water partition coefficient (Wildman–Crippen LogP) is 2.59. The molecule has 1 N–H and O–H groups in total. The molecule has 0 spiro atoms. The van der Waals surface area contributed by atoms with Gasteiger partial charge in [-0.3, -0.25) is 4.79 Å². The van der Waals surface area contributed by atoms with E-state index >= 15 is 0 Å². The molecule has 2 rings (SSSR count). The van der Waals surface area contributed by atoms with Crippen LogP contribution >= 0.6 is 22.9 Å². The van der Waals surface area contributed by atoms with E-state index in [1.807, 2.05) is 4.72 Å². The highest BCUT2D eigenvalue weighted by Crippen LogP contribution is 2.24. The van der Waals surface area contributed by atoms with E-state index in [1.54, 1.807) is 35.9 Å². The second kappa shape index (κ2) is 6.46. The summed E-state index contributed by atoms with van der Waals surface area (Å²) in [5.41, 5.74) is 0.613. The number of thiophene rings is 1. The smallest absolute Gasteiger partial charge is 0.271 e. The molecule has 112 valence electrons. The first-order valence-corrected chi connectivity index (χ1v) is 8.66. The topological polar surface area (TPSA) is 72.5 Å². The molecule has 1 aromatic heterocycles. The largest absolute Gasteiger partial charge is 0.483 e. The normalized spacial score (nSPS) is 11.1. The molecule has 0 aliphatic heterocycles. The monoisotopic (exact) mass is 345 g/mol. The zero-order valence-electron chi connectivity index (χ0n) is 11.0. The van der Waals surface area contributed by atoms with Gasteiger partial charge in [-0.25, -0.2) is 13.1 Å². The van der Waals surface area contributed by atoms with Crippen LogP contribution in [0.5, 0.6) is 5.75 Å². The molecule has 2 aromatic rings. The fraction of sp³-hybridized carbons (Fsp3) is 0.154. The molecule has 0 fully saturated rings. The van der Waals surface area contributed by atoms with Crippen LogP contribution in [0.15, 0.2) is 39.9 Å². The molecule has 1 aromatic carbocycles. The Balaban J connectivity index is 2.06. The van der Waals surface area contributed by atoms with Gasteiger partial charge in [0.25, 0.3) is 15.9 Å². The maximum Gasteiger partial charge on any atom is 0.271 e. The predicted molar refractivity (Wildman–Crippen MR) is 81.3 cm³/mol. The van der Waals surface area contributed by atoms with E-state index in [0.717, 1.165) is 0 Å². The number of carbonyl (C=O) groups is 1. The minimum absolute atomic E-state index is 0.0940. The Labute approximate surface area is 131 Å². The molecular formula is C13H12ClNO4S2. The highest BCUT2D eigenvalue weighted by atomic mass is 35.5. The highest BCUT2D eigenvalue weighted by molar-refractivity contribution is 7.90. The molecule has 0 bridgehead atoms. The Hall–Kier alpha value is -1.57. The van der Waals surface area contributed by atoms with Gasteiger partial charge in [0.15, 0.2) is 6.61 Å². The average Bonchev–Trinajstić information content (AvgIpc) is 2.92. The van der Waals surface area contributed by atoms with Crippen LogP contribution in [0.25, 0.3) is 0 Å². The lowest BCUT2D eigenvalue weighted by Crippen LogP contribution is -2.34. The lowest BCUT2D eigenvalue weighted by atomic mass is 10.2. The number of halogens is 1. The maximum atomic E-state index is 12.1. The quantitative estimate of drug-likeness (QED) is 0.904. The van der Waals surface area contributed by atoms with E-state index in [2.05, 4.69) is 0 Å². The molecule has 0 aliphatic carbocycles. The fourth-order valence-electron chi connectivity index (χ4n) is 1.55. The molecule has 8 heteroatoms. The Kier molecular flexibility index (Phi) is 4.87. The van der Waals surface area contributed by atoms with Crippen molar-refractivity contribution in [1.29, 1.82) is 0 Å². The summed E-state index contributed by atoms with van der Waals surface area (Å²) in [6.45, 7) is 1.29. The zero-order chi connectivity index (χ0) is 15.5. The van der Waals surface area contributed by atoms with Crippen LogP contribution in [0.2, 0.25) is 5.02 Å². The third kappa shape index (κ3) is 3.96. The maximum absolute atomic E-state index is 12.1. The second-order valence-electron chi connectivity index (χ2n) is 4.16. The van der Waals surface area contributed by atoms with Gasteiger partial charge in [-0.2, -0.15) is 0 Å². The lowest BCUT2D eigenvalue weighted by Gasteiger charge is -2.10. The molecule has 1 heterocycles. The number of amides is 1. The van der Waals surface area contributed by atoms with Crippen LogP contribution in [0.4, 0.5) is 0 Å². The third-order valence-electron chi connectivity index (χ3n) is 2.56. The minimum Gasteiger partial charge on any atom is -0.483 e. The van der Waals surface area contributed by atoms with E-state index < -0.39 is 15.9 Å². The van der Waals surface area contributed by atoms with Crippen molar-refractivity contribution in [3.05, 3.63) is 45.6 Å². The molecule has 0 saturated carbocycles. The number of ether oxygens (including phenoxy) is 1. The van der Waals surface area contributed by atoms with Crippen LogP contribution in [0.1, 0.15) is 5.56 Å². The lowest BCUT2D eigenvalue weighted by molar-refractivity contribution is -0.121. The van der Waals surface area contributed by atoms with Crippen LogP contribution in [0.3, 0.4) is 0 Å². The van der Waals surface area contributed by atoms with Crippen molar-refractivity contribution < 1.29 is 17.9 Å². The number of nitrogens with one attached hydrogen (secondary N) is 1. The van der Waals surface area contributed by atoms with Gasteiger partial charge in [0.05, 0.1) is 5.02 Å². The van der Waals surface area contributed by atoms with Gasteiger partial charge in [-0.1, -0.05) is 23.7 Å². The number of sulfonamides is 1. The molecular weight excluding hydrogens is 334 g/mol. The Morgan fingerprint density at radius 1 is 1.38 bits per heavy atom. The van der Waals surface area contributed by atoms with E-state index in [1.165, 1.54) is 17.4 Å². The Morgan fingerprint density at radius 3 is 2.81 bits per heavy atom. The van der Waals surface area contributed by atoms with Gasteiger partial charge in [0.1, 0.15) is 10.6 Å². The van der Waals surface area contributed by atoms with E-state index in [4.69, 9.17) is 16.3 Å². The summed E-state index contributed by atoms with van der Waals surface area (Å²) >= 11 is 7.37. The summed E-state index contributed by atoms with van der Waals surface area (Å²) in [4.78, 5) is 11.5. The Bertz CT molecular complexity index is 742. The van der Waals surface area contributed by atoms with Crippen molar-refractivity contribution >= 4 is 38.9 Å². The van der Waals surface area contributed by atoms with Gasteiger partial charge in [-0.05, 0) is 30.0 Å². The van der Waals surface area contributed by atoms with E-state index in [0.29, 0.717) is 11.3 Å². The summed E-state index contributed by atoms with van der Waals surface area (Å²) in [7, 11) is -4.01. The van der Waals surface area contributed by atoms with Crippen molar-refractivity contribution in [2.75, 3.05) is 6.61 Å². The highest BCUT2D eigenvalue weighted by Gasteiger charge is 2.21. The number of aryl methyl sites for hydroxylation is 1. The first-order chi connectivity index (χ1) is 9.90.